The van der Waals surface area contributed by atoms with Gasteiger partial charge in [0.2, 0.25) is 0 Å². The van der Waals surface area contributed by atoms with Gasteiger partial charge in [-0.25, -0.2) is 0 Å². The van der Waals surface area contributed by atoms with Crippen LogP contribution in [0.3, 0.4) is 0 Å². The summed E-state index contributed by atoms with van der Waals surface area (Å²) in [7, 11) is 0. The zero-order valence-corrected chi connectivity index (χ0v) is 19.6. The van der Waals surface area contributed by atoms with Crippen LogP contribution in [0.25, 0.3) is 11.1 Å². The van der Waals surface area contributed by atoms with Crippen LogP contribution in [0.1, 0.15) is 46.3 Å². The largest absolute Gasteiger partial charge is 0.459 e. The Morgan fingerprint density at radius 3 is 2.62 bits per heavy atom. The van der Waals surface area contributed by atoms with Crippen molar-refractivity contribution in [1.82, 2.24) is 25.0 Å². The summed E-state index contributed by atoms with van der Waals surface area (Å²) in [4.78, 5) is 14.8. The van der Waals surface area contributed by atoms with Crippen molar-refractivity contribution in [3.05, 3.63) is 95.5 Å². The Hall–Kier alpha value is -3.71. The Kier molecular flexibility index (Phi) is 6.27. The number of hydrogen-bond donors (Lipinski definition) is 1. The molecule has 0 unspecified atom stereocenters. The fourth-order valence-corrected chi connectivity index (χ4v) is 4.55. The van der Waals surface area contributed by atoms with E-state index in [0.29, 0.717) is 5.76 Å². The number of fused-ring (bicyclic) bond motifs is 1. The Balaban J connectivity index is 1.22. The van der Waals surface area contributed by atoms with Gasteiger partial charge in [-0.3, -0.25) is 9.69 Å². The van der Waals surface area contributed by atoms with Crippen LogP contribution in [0.2, 0.25) is 0 Å². The SMILES string of the molecule is Cc1ccccc1-c1ccc(CN2CCc3nnc([C@H](C)NC(=O)c4ccco4)n3CC2)cc1. The van der Waals surface area contributed by atoms with E-state index in [9.17, 15) is 4.79 Å². The maximum Gasteiger partial charge on any atom is 0.287 e. The fourth-order valence-electron chi connectivity index (χ4n) is 4.55. The first-order chi connectivity index (χ1) is 16.6. The van der Waals surface area contributed by atoms with Crippen LogP contribution in [-0.2, 0) is 19.5 Å². The molecule has 0 aliphatic carbocycles. The van der Waals surface area contributed by atoms with Crippen molar-refractivity contribution >= 4 is 5.91 Å². The lowest BCUT2D eigenvalue weighted by atomic mass is 9.99. The first-order valence-electron chi connectivity index (χ1n) is 11.7. The summed E-state index contributed by atoms with van der Waals surface area (Å²) in [5, 5.41) is 11.8. The third kappa shape index (κ3) is 4.65. The number of benzene rings is 2. The summed E-state index contributed by atoms with van der Waals surface area (Å²) in [5.41, 5.74) is 5.12. The van der Waals surface area contributed by atoms with Crippen molar-refractivity contribution in [3.63, 3.8) is 0 Å². The molecule has 174 valence electrons. The van der Waals surface area contributed by atoms with Gasteiger partial charge in [0.15, 0.2) is 11.6 Å². The molecule has 0 spiro atoms. The molecule has 1 aliphatic heterocycles. The van der Waals surface area contributed by atoms with Crippen LogP contribution in [-0.4, -0.2) is 38.7 Å². The number of furan rings is 1. The molecule has 1 atom stereocenters. The summed E-state index contributed by atoms with van der Waals surface area (Å²) in [6.07, 6.45) is 2.32. The topological polar surface area (TPSA) is 76.2 Å². The zero-order valence-electron chi connectivity index (χ0n) is 19.6. The molecule has 0 fully saturated rings. The van der Waals surface area contributed by atoms with Crippen molar-refractivity contribution in [2.75, 3.05) is 13.1 Å². The highest BCUT2D eigenvalue weighted by Gasteiger charge is 2.23. The average Bonchev–Trinajstić information content (AvgIpc) is 3.48. The van der Waals surface area contributed by atoms with Gasteiger partial charge in [-0.15, -0.1) is 10.2 Å². The van der Waals surface area contributed by atoms with Crippen LogP contribution < -0.4 is 5.32 Å². The van der Waals surface area contributed by atoms with E-state index >= 15 is 0 Å². The lowest BCUT2D eigenvalue weighted by Crippen LogP contribution is -2.30. The van der Waals surface area contributed by atoms with Crippen molar-refractivity contribution in [2.45, 2.75) is 39.4 Å². The predicted molar refractivity (Wildman–Crippen MR) is 130 cm³/mol. The average molecular weight is 456 g/mol. The normalized spacial score (nSPS) is 14.9. The monoisotopic (exact) mass is 455 g/mol. The third-order valence-corrected chi connectivity index (χ3v) is 6.44. The fraction of sp³-hybridized carbons (Fsp3) is 0.296. The molecule has 3 heterocycles. The van der Waals surface area contributed by atoms with Gasteiger partial charge < -0.3 is 14.3 Å². The van der Waals surface area contributed by atoms with Crippen molar-refractivity contribution < 1.29 is 9.21 Å². The van der Waals surface area contributed by atoms with Crippen molar-refractivity contribution in [2.24, 2.45) is 0 Å². The van der Waals surface area contributed by atoms with Crippen LogP contribution in [0.4, 0.5) is 0 Å². The number of aromatic nitrogens is 3. The maximum atomic E-state index is 12.4. The van der Waals surface area contributed by atoms with E-state index in [1.54, 1.807) is 12.1 Å². The second-order valence-electron chi connectivity index (χ2n) is 8.84. The molecule has 34 heavy (non-hydrogen) atoms. The first-order valence-corrected chi connectivity index (χ1v) is 11.7. The smallest absolute Gasteiger partial charge is 0.287 e. The second kappa shape index (κ2) is 9.65. The predicted octanol–water partition coefficient (Wildman–Crippen LogP) is 4.40. The Labute approximate surface area is 199 Å². The number of nitrogens with zero attached hydrogens (tertiary/aromatic N) is 4. The maximum absolute atomic E-state index is 12.4. The lowest BCUT2D eigenvalue weighted by Gasteiger charge is -2.20. The van der Waals surface area contributed by atoms with Gasteiger partial charge >= 0.3 is 0 Å². The molecule has 4 aromatic rings. The minimum Gasteiger partial charge on any atom is -0.459 e. The van der Waals surface area contributed by atoms with Gasteiger partial charge in [-0.05, 0) is 48.2 Å². The number of aryl methyl sites for hydroxylation is 1. The van der Waals surface area contributed by atoms with Crippen molar-refractivity contribution in [1.29, 1.82) is 0 Å². The van der Waals surface area contributed by atoms with E-state index in [-0.39, 0.29) is 11.9 Å². The number of amides is 1. The molecular formula is C27H29N5O2. The summed E-state index contributed by atoms with van der Waals surface area (Å²) >= 11 is 0. The highest BCUT2D eigenvalue weighted by atomic mass is 16.3. The van der Waals surface area contributed by atoms with E-state index in [1.807, 2.05) is 6.92 Å². The number of nitrogens with one attached hydrogen (secondary N) is 1. The molecule has 1 aliphatic rings. The van der Waals surface area contributed by atoms with E-state index < -0.39 is 0 Å². The van der Waals surface area contributed by atoms with Crippen LogP contribution >= 0.6 is 0 Å². The molecule has 0 bridgehead atoms. The number of carbonyl (C=O) groups is 1. The molecule has 0 saturated heterocycles. The summed E-state index contributed by atoms with van der Waals surface area (Å²) in [6, 6.07) is 20.5. The molecule has 1 N–H and O–H groups in total. The van der Waals surface area contributed by atoms with Gasteiger partial charge in [0, 0.05) is 32.6 Å². The minimum atomic E-state index is -0.264. The molecule has 7 heteroatoms. The van der Waals surface area contributed by atoms with E-state index in [1.165, 1.54) is 28.5 Å². The Bertz CT molecular complexity index is 1260. The zero-order chi connectivity index (χ0) is 23.5. The van der Waals surface area contributed by atoms with E-state index in [0.717, 1.165) is 44.2 Å². The van der Waals surface area contributed by atoms with Crippen molar-refractivity contribution in [3.8, 4) is 11.1 Å². The van der Waals surface area contributed by atoms with Crippen LogP contribution in [0.5, 0.6) is 0 Å². The highest BCUT2D eigenvalue weighted by Crippen LogP contribution is 2.24. The van der Waals surface area contributed by atoms with Gasteiger partial charge in [0.05, 0.1) is 12.3 Å². The summed E-state index contributed by atoms with van der Waals surface area (Å²) < 4.78 is 7.34. The molecule has 5 rings (SSSR count). The van der Waals surface area contributed by atoms with Gasteiger partial charge in [0.1, 0.15) is 5.82 Å². The lowest BCUT2D eigenvalue weighted by molar-refractivity contribution is 0.0909. The highest BCUT2D eigenvalue weighted by molar-refractivity contribution is 5.91. The molecule has 7 nitrogen and oxygen atoms in total. The van der Waals surface area contributed by atoms with E-state index in [4.69, 9.17) is 4.42 Å². The minimum absolute atomic E-state index is 0.251. The first kappa shape index (κ1) is 22.1. The van der Waals surface area contributed by atoms with E-state index in [2.05, 4.69) is 80.4 Å². The summed E-state index contributed by atoms with van der Waals surface area (Å²) in [5.74, 6) is 1.78. The Morgan fingerprint density at radius 1 is 1.03 bits per heavy atom. The molecule has 2 aromatic carbocycles. The molecule has 1 amide bonds. The summed E-state index contributed by atoms with van der Waals surface area (Å²) in [6.45, 7) is 7.58. The van der Waals surface area contributed by atoms with Crippen LogP contribution in [0, 0.1) is 6.92 Å². The second-order valence-corrected chi connectivity index (χ2v) is 8.84. The number of hydrogen-bond acceptors (Lipinski definition) is 5. The van der Waals surface area contributed by atoms with Gasteiger partial charge in [-0.2, -0.15) is 0 Å². The Morgan fingerprint density at radius 2 is 1.85 bits per heavy atom. The third-order valence-electron chi connectivity index (χ3n) is 6.44. The number of carbonyl (C=O) groups excluding carboxylic acids is 1. The molecule has 0 saturated carbocycles. The molecule has 0 radical (unpaired) electrons. The van der Waals surface area contributed by atoms with Crippen LogP contribution in [0.15, 0.2) is 71.3 Å². The van der Waals surface area contributed by atoms with Gasteiger partial charge in [0.25, 0.3) is 5.91 Å². The molecule has 2 aromatic heterocycles. The molecular weight excluding hydrogens is 426 g/mol. The quantitative estimate of drug-likeness (QED) is 0.467. The standard InChI is InChI=1S/C27H29N5O2/c1-19-6-3-4-7-23(19)22-11-9-21(10-12-22)18-31-14-13-25-29-30-26(32(25)16-15-31)20(2)28-27(33)24-8-5-17-34-24/h3-12,17,20H,13-16,18H2,1-2H3,(H,28,33)/t20-/m0/s1. The number of rotatable bonds is 6. The van der Waals surface area contributed by atoms with Gasteiger partial charge in [-0.1, -0.05) is 48.5 Å².